The van der Waals surface area contributed by atoms with Gasteiger partial charge in [0.2, 0.25) is 0 Å². The molecule has 1 saturated heterocycles. The second-order valence-corrected chi connectivity index (χ2v) is 12.2. The second kappa shape index (κ2) is 15.6. The minimum atomic E-state index is -4.37. The average Bonchev–Trinajstić information content (AvgIpc) is 3.07. The van der Waals surface area contributed by atoms with Crippen LogP contribution in [0.15, 0.2) is 60.7 Å². The Morgan fingerprint density at radius 3 is 2.24 bits per heavy atom. The van der Waals surface area contributed by atoms with E-state index in [1.54, 1.807) is 31.2 Å². The number of nitrogens with zero attached hydrogens (tertiary/aromatic N) is 1. The molecule has 5 rings (SSSR count). The first-order chi connectivity index (χ1) is 22.2. The minimum Gasteiger partial charge on any atom is -0.481 e. The topological polar surface area (TPSA) is 67.9 Å². The largest absolute Gasteiger partial charge is 0.481 e. The molecule has 0 bridgehead atoms. The number of rotatable bonds is 12. The van der Waals surface area contributed by atoms with Crippen LogP contribution in [0.25, 0.3) is 11.1 Å². The fraction of sp³-hybridized carbons (Fsp3) is 0.459. The number of amides is 1. The number of nitrogens with one attached hydrogen (secondary N) is 1. The molecular formula is C37H43F3N2O4. The van der Waals surface area contributed by atoms with Crippen LogP contribution in [0.3, 0.4) is 0 Å². The molecule has 2 aliphatic rings. The predicted molar refractivity (Wildman–Crippen MR) is 172 cm³/mol. The molecule has 46 heavy (non-hydrogen) atoms. The van der Waals surface area contributed by atoms with E-state index < -0.39 is 11.7 Å². The Balaban J connectivity index is 1.04. The Hall–Kier alpha value is -3.85. The normalized spacial score (nSPS) is 15.7. The number of benzene rings is 3. The van der Waals surface area contributed by atoms with Crippen LogP contribution in [0.4, 0.5) is 13.2 Å². The Labute approximate surface area is 269 Å². The van der Waals surface area contributed by atoms with Crippen molar-refractivity contribution >= 4 is 11.9 Å². The van der Waals surface area contributed by atoms with Gasteiger partial charge < -0.3 is 19.7 Å². The lowest BCUT2D eigenvalue weighted by Crippen LogP contribution is -2.34. The number of halogens is 3. The smallest absolute Gasteiger partial charge is 0.416 e. The van der Waals surface area contributed by atoms with Gasteiger partial charge in [-0.3, -0.25) is 4.79 Å². The Kier molecular flexibility index (Phi) is 11.4. The molecule has 3 aromatic rings. The summed E-state index contributed by atoms with van der Waals surface area (Å²) < 4.78 is 49.8. The zero-order valence-electron chi connectivity index (χ0n) is 26.5. The molecule has 1 fully saturated rings. The first kappa shape index (κ1) is 33.5. The molecule has 1 aliphatic carbocycles. The lowest BCUT2D eigenvalue weighted by Gasteiger charge is -2.34. The number of ether oxygens (including phenoxy) is 2. The van der Waals surface area contributed by atoms with Gasteiger partial charge in [0.25, 0.3) is 5.91 Å². The average molecular weight is 637 g/mol. The minimum absolute atomic E-state index is 0.0548. The second-order valence-electron chi connectivity index (χ2n) is 12.2. The van der Waals surface area contributed by atoms with Gasteiger partial charge in [-0.05, 0) is 136 Å². The van der Waals surface area contributed by atoms with Crippen molar-refractivity contribution in [1.82, 2.24) is 10.2 Å². The number of alkyl halides is 3. The summed E-state index contributed by atoms with van der Waals surface area (Å²) in [6, 6.07) is 16.4. The number of hydrogen-bond donors (Lipinski definition) is 1. The first-order valence-electron chi connectivity index (χ1n) is 16.4. The molecule has 1 heterocycles. The van der Waals surface area contributed by atoms with Gasteiger partial charge in [-0.2, -0.15) is 13.2 Å². The van der Waals surface area contributed by atoms with Crippen LogP contribution >= 0.6 is 0 Å². The van der Waals surface area contributed by atoms with Crippen molar-refractivity contribution in [3.8, 4) is 16.9 Å². The van der Waals surface area contributed by atoms with Gasteiger partial charge in [0, 0.05) is 12.1 Å². The molecule has 9 heteroatoms. The molecule has 0 aromatic heterocycles. The van der Waals surface area contributed by atoms with Crippen LogP contribution in [-0.4, -0.2) is 56.2 Å². The van der Waals surface area contributed by atoms with E-state index in [4.69, 9.17) is 9.47 Å². The van der Waals surface area contributed by atoms with E-state index in [9.17, 15) is 22.8 Å². The molecule has 0 radical (unpaired) electrons. The highest BCUT2D eigenvalue weighted by molar-refractivity contribution is 5.94. The van der Waals surface area contributed by atoms with Crippen LogP contribution in [0.1, 0.15) is 84.0 Å². The van der Waals surface area contributed by atoms with E-state index in [0.29, 0.717) is 30.2 Å². The van der Waals surface area contributed by atoms with Gasteiger partial charge in [0.1, 0.15) is 5.75 Å². The van der Waals surface area contributed by atoms with Crippen LogP contribution in [0.5, 0.6) is 5.75 Å². The monoisotopic (exact) mass is 636 g/mol. The third kappa shape index (κ3) is 8.69. The standard InChI is InChI=1S/C37H43F3N2O4/c1-2-45-34(43)25-46-35-32-8-4-3-7-28(32)15-18-33(35)29-19-23-42(24-20-29)22-6-5-21-41-36(44)30-11-9-26(10-12-30)27-13-16-31(17-14-27)37(38,39)40/h9-18,29H,2-8,19-25H2,1H3,(H,41,44). The summed E-state index contributed by atoms with van der Waals surface area (Å²) >= 11 is 0. The molecule has 1 amide bonds. The lowest BCUT2D eigenvalue weighted by molar-refractivity contribution is -0.145. The van der Waals surface area contributed by atoms with Crippen LogP contribution < -0.4 is 10.1 Å². The molecular weight excluding hydrogens is 593 g/mol. The van der Waals surface area contributed by atoms with Gasteiger partial charge in [-0.1, -0.05) is 36.4 Å². The fourth-order valence-corrected chi connectivity index (χ4v) is 6.54. The summed E-state index contributed by atoms with van der Waals surface area (Å²) in [5, 5.41) is 2.98. The van der Waals surface area contributed by atoms with Gasteiger partial charge in [-0.25, -0.2) is 4.79 Å². The molecule has 6 nitrogen and oxygen atoms in total. The van der Waals surface area contributed by atoms with Gasteiger partial charge in [-0.15, -0.1) is 0 Å². The van der Waals surface area contributed by atoms with Gasteiger partial charge in [0.05, 0.1) is 12.2 Å². The number of unbranched alkanes of at least 4 members (excludes halogenated alkanes) is 1. The molecule has 3 aromatic carbocycles. The van der Waals surface area contributed by atoms with Gasteiger partial charge in [0.15, 0.2) is 6.61 Å². The zero-order valence-corrected chi connectivity index (χ0v) is 26.5. The number of esters is 1. The maximum atomic E-state index is 12.8. The van der Waals surface area contributed by atoms with Crippen molar-refractivity contribution in [2.45, 2.75) is 70.4 Å². The van der Waals surface area contributed by atoms with Crippen molar-refractivity contribution in [1.29, 1.82) is 0 Å². The molecule has 0 saturated carbocycles. The first-order valence-corrected chi connectivity index (χ1v) is 16.4. The van der Waals surface area contributed by atoms with Crippen molar-refractivity contribution in [2.24, 2.45) is 0 Å². The highest BCUT2D eigenvalue weighted by atomic mass is 19.4. The Morgan fingerprint density at radius 2 is 1.57 bits per heavy atom. The van der Waals surface area contributed by atoms with Crippen molar-refractivity contribution in [3.63, 3.8) is 0 Å². The van der Waals surface area contributed by atoms with Crippen molar-refractivity contribution in [2.75, 3.05) is 39.4 Å². The number of carbonyl (C=O) groups is 2. The fourth-order valence-electron chi connectivity index (χ4n) is 6.54. The van der Waals surface area contributed by atoms with Crippen LogP contribution in [0.2, 0.25) is 0 Å². The maximum Gasteiger partial charge on any atom is 0.416 e. The molecule has 0 spiro atoms. The molecule has 246 valence electrons. The third-order valence-corrected chi connectivity index (χ3v) is 9.06. The van der Waals surface area contributed by atoms with Crippen LogP contribution in [0, 0.1) is 0 Å². The van der Waals surface area contributed by atoms with Gasteiger partial charge >= 0.3 is 12.1 Å². The highest BCUT2D eigenvalue weighted by Crippen LogP contribution is 2.40. The molecule has 0 unspecified atom stereocenters. The van der Waals surface area contributed by atoms with Crippen molar-refractivity contribution < 1.29 is 32.2 Å². The Morgan fingerprint density at radius 1 is 0.891 bits per heavy atom. The predicted octanol–water partition coefficient (Wildman–Crippen LogP) is 7.58. The summed E-state index contributed by atoms with van der Waals surface area (Å²) in [6.07, 6.45) is 3.93. The SMILES string of the molecule is CCOC(=O)COc1c(C2CCN(CCCCNC(=O)c3ccc(-c4ccc(C(F)(F)F)cc4)cc3)CC2)ccc2c1CCCC2. The quantitative estimate of drug-likeness (QED) is 0.164. The van der Waals surface area contributed by atoms with Crippen LogP contribution in [-0.2, 0) is 28.5 Å². The zero-order chi connectivity index (χ0) is 32.5. The maximum absolute atomic E-state index is 12.8. The van der Waals surface area contributed by atoms with E-state index in [2.05, 4.69) is 22.3 Å². The number of piperidine rings is 1. The number of carbonyl (C=O) groups excluding carboxylic acids is 2. The van der Waals surface area contributed by atoms with E-state index in [-0.39, 0.29) is 18.5 Å². The van der Waals surface area contributed by atoms with E-state index in [1.807, 2.05) is 0 Å². The summed E-state index contributed by atoms with van der Waals surface area (Å²) in [5.74, 6) is 0.813. The highest BCUT2D eigenvalue weighted by Gasteiger charge is 2.30. The number of aryl methyl sites for hydroxylation is 1. The molecule has 1 aliphatic heterocycles. The Bertz CT molecular complexity index is 1460. The summed E-state index contributed by atoms with van der Waals surface area (Å²) in [6.45, 7) is 5.63. The van der Waals surface area contributed by atoms with E-state index in [0.717, 1.165) is 88.0 Å². The number of fused-ring (bicyclic) bond motifs is 1. The molecule has 0 atom stereocenters. The molecule has 1 N–H and O–H groups in total. The summed E-state index contributed by atoms with van der Waals surface area (Å²) in [5.41, 5.74) is 5.08. The summed E-state index contributed by atoms with van der Waals surface area (Å²) in [4.78, 5) is 27.2. The number of hydrogen-bond acceptors (Lipinski definition) is 5. The van der Waals surface area contributed by atoms with E-state index >= 15 is 0 Å². The van der Waals surface area contributed by atoms with Crippen molar-refractivity contribution in [3.05, 3.63) is 88.5 Å². The van der Waals surface area contributed by atoms with E-state index in [1.165, 1.54) is 35.2 Å². The third-order valence-electron chi connectivity index (χ3n) is 9.06. The number of likely N-dealkylation sites (tertiary alicyclic amines) is 1. The summed E-state index contributed by atoms with van der Waals surface area (Å²) in [7, 11) is 0. The lowest BCUT2D eigenvalue weighted by atomic mass is 9.83.